The minimum Gasteiger partial charge on any atom is -0.356 e. The zero-order valence-corrected chi connectivity index (χ0v) is 18.2. The summed E-state index contributed by atoms with van der Waals surface area (Å²) >= 11 is 0. The Labute approximate surface area is 175 Å². The molecule has 1 aromatic carbocycles. The highest BCUT2D eigenvalue weighted by Gasteiger charge is 2.21. The van der Waals surface area contributed by atoms with E-state index in [-0.39, 0.29) is 5.82 Å². The van der Waals surface area contributed by atoms with Crippen molar-refractivity contribution in [3.63, 3.8) is 0 Å². The Morgan fingerprint density at radius 2 is 1.69 bits per heavy atom. The van der Waals surface area contributed by atoms with Crippen LogP contribution in [0.25, 0.3) is 0 Å². The number of rotatable bonds is 7. The van der Waals surface area contributed by atoms with Gasteiger partial charge in [0.25, 0.3) is 0 Å². The second-order valence-corrected chi connectivity index (χ2v) is 8.49. The van der Waals surface area contributed by atoms with Crippen molar-refractivity contribution in [2.45, 2.75) is 51.6 Å². The van der Waals surface area contributed by atoms with Crippen LogP contribution >= 0.6 is 0 Å². The zero-order chi connectivity index (χ0) is 20.5. The second-order valence-electron chi connectivity index (χ2n) is 8.49. The van der Waals surface area contributed by atoms with Crippen LogP contribution in [0.5, 0.6) is 0 Å². The molecular formula is C23H38FN5. The number of piperidine rings is 2. The van der Waals surface area contributed by atoms with Gasteiger partial charge in [0.1, 0.15) is 5.82 Å². The topological polar surface area (TPSA) is 42.9 Å². The van der Waals surface area contributed by atoms with Gasteiger partial charge < -0.3 is 15.5 Å². The van der Waals surface area contributed by atoms with Crippen LogP contribution in [0, 0.1) is 11.7 Å². The van der Waals surface area contributed by atoms with Gasteiger partial charge in [-0.3, -0.25) is 9.89 Å². The lowest BCUT2D eigenvalue weighted by molar-refractivity contribution is 0.187. The average Bonchev–Trinajstić information content (AvgIpc) is 2.76. The minimum atomic E-state index is -0.165. The van der Waals surface area contributed by atoms with Crippen LogP contribution < -0.4 is 10.6 Å². The van der Waals surface area contributed by atoms with Crippen LogP contribution in [0.4, 0.5) is 4.39 Å². The lowest BCUT2D eigenvalue weighted by atomic mass is 9.93. The van der Waals surface area contributed by atoms with E-state index in [9.17, 15) is 4.39 Å². The van der Waals surface area contributed by atoms with Gasteiger partial charge in [-0.2, -0.15) is 0 Å². The number of hydrogen-bond acceptors (Lipinski definition) is 3. The van der Waals surface area contributed by atoms with Crippen LogP contribution in [0.2, 0.25) is 0 Å². The molecule has 0 unspecified atom stereocenters. The van der Waals surface area contributed by atoms with E-state index in [0.29, 0.717) is 6.04 Å². The number of aliphatic imine (C=N–C) groups is 1. The highest BCUT2D eigenvalue weighted by molar-refractivity contribution is 5.79. The van der Waals surface area contributed by atoms with Crippen molar-refractivity contribution >= 4 is 5.96 Å². The summed E-state index contributed by atoms with van der Waals surface area (Å²) in [5, 5.41) is 7.13. The van der Waals surface area contributed by atoms with E-state index in [0.717, 1.165) is 50.9 Å². The molecule has 162 valence electrons. The van der Waals surface area contributed by atoms with E-state index in [2.05, 4.69) is 32.3 Å². The first-order valence-electron chi connectivity index (χ1n) is 11.3. The average molecular weight is 404 g/mol. The molecule has 0 amide bonds. The molecule has 0 aromatic heterocycles. The molecule has 2 saturated heterocycles. The zero-order valence-electron chi connectivity index (χ0n) is 18.2. The third-order valence-corrected chi connectivity index (χ3v) is 6.47. The van der Waals surface area contributed by atoms with Crippen molar-refractivity contribution in [3.8, 4) is 0 Å². The van der Waals surface area contributed by atoms with Crippen molar-refractivity contribution in [2.24, 2.45) is 10.9 Å². The van der Waals surface area contributed by atoms with E-state index in [1.165, 1.54) is 44.5 Å². The summed E-state index contributed by atoms with van der Waals surface area (Å²) in [6, 6.07) is 7.34. The normalized spacial score (nSPS) is 20.7. The Bertz CT molecular complexity index is 617. The first kappa shape index (κ1) is 22.0. The SMILES string of the molecule is CCN1CCC(CCNC(=NC)NC2CCN(Cc3ccc(F)cc3)CC2)CC1. The molecule has 2 fully saturated rings. The van der Waals surface area contributed by atoms with Crippen LogP contribution in [0.3, 0.4) is 0 Å². The Kier molecular flexibility index (Phi) is 8.74. The quantitative estimate of drug-likeness (QED) is 0.542. The van der Waals surface area contributed by atoms with Crippen molar-refractivity contribution < 1.29 is 4.39 Å². The van der Waals surface area contributed by atoms with Gasteiger partial charge in [-0.1, -0.05) is 19.1 Å². The van der Waals surface area contributed by atoms with Gasteiger partial charge in [0, 0.05) is 39.3 Å². The monoisotopic (exact) mass is 403 g/mol. The molecular weight excluding hydrogens is 365 g/mol. The molecule has 5 nitrogen and oxygen atoms in total. The number of likely N-dealkylation sites (tertiary alicyclic amines) is 2. The largest absolute Gasteiger partial charge is 0.356 e. The fraction of sp³-hybridized carbons (Fsp3) is 0.696. The molecule has 2 heterocycles. The van der Waals surface area contributed by atoms with Gasteiger partial charge in [0.2, 0.25) is 0 Å². The standard InChI is InChI=1S/C23H38FN5/c1-3-28-14-9-19(10-15-28)8-13-26-23(25-2)27-22-11-16-29(17-12-22)18-20-4-6-21(24)7-5-20/h4-7,19,22H,3,8-18H2,1-2H3,(H2,25,26,27). The maximum Gasteiger partial charge on any atom is 0.191 e. The Hall–Kier alpha value is -1.66. The highest BCUT2D eigenvalue weighted by atomic mass is 19.1. The fourth-order valence-electron chi connectivity index (χ4n) is 4.46. The number of hydrogen-bond donors (Lipinski definition) is 2. The van der Waals surface area contributed by atoms with Gasteiger partial charge in [-0.15, -0.1) is 0 Å². The van der Waals surface area contributed by atoms with E-state index in [1.807, 2.05) is 19.2 Å². The first-order chi connectivity index (χ1) is 14.2. The van der Waals surface area contributed by atoms with Crippen LogP contribution in [-0.2, 0) is 6.54 Å². The smallest absolute Gasteiger partial charge is 0.191 e. The number of guanidine groups is 1. The molecule has 2 aliphatic heterocycles. The second kappa shape index (κ2) is 11.5. The summed E-state index contributed by atoms with van der Waals surface area (Å²) in [4.78, 5) is 9.42. The molecule has 0 aliphatic carbocycles. The van der Waals surface area contributed by atoms with Gasteiger partial charge in [-0.05, 0) is 75.4 Å². The van der Waals surface area contributed by atoms with Gasteiger partial charge in [0.15, 0.2) is 5.96 Å². The summed E-state index contributed by atoms with van der Waals surface area (Å²) in [6.45, 7) is 9.96. The summed E-state index contributed by atoms with van der Waals surface area (Å²) in [5.41, 5.74) is 1.18. The predicted molar refractivity (Wildman–Crippen MR) is 119 cm³/mol. The van der Waals surface area contributed by atoms with Crippen molar-refractivity contribution in [1.29, 1.82) is 0 Å². The van der Waals surface area contributed by atoms with Gasteiger partial charge in [0.05, 0.1) is 0 Å². The van der Waals surface area contributed by atoms with Gasteiger partial charge in [-0.25, -0.2) is 4.39 Å². The summed E-state index contributed by atoms with van der Waals surface area (Å²) in [5.74, 6) is 1.62. The predicted octanol–water partition coefficient (Wildman–Crippen LogP) is 3.08. The van der Waals surface area contributed by atoms with Crippen molar-refractivity contribution in [3.05, 3.63) is 35.6 Å². The highest BCUT2D eigenvalue weighted by Crippen LogP contribution is 2.19. The Morgan fingerprint density at radius 3 is 2.31 bits per heavy atom. The summed E-state index contributed by atoms with van der Waals surface area (Å²) in [6.07, 6.45) is 6.10. The van der Waals surface area contributed by atoms with Crippen molar-refractivity contribution in [1.82, 2.24) is 20.4 Å². The van der Waals surface area contributed by atoms with E-state index in [4.69, 9.17) is 0 Å². The van der Waals surface area contributed by atoms with Crippen LogP contribution in [0.15, 0.2) is 29.3 Å². The molecule has 2 aliphatic rings. The summed E-state index contributed by atoms with van der Waals surface area (Å²) in [7, 11) is 1.86. The number of nitrogens with zero attached hydrogens (tertiary/aromatic N) is 3. The van der Waals surface area contributed by atoms with E-state index < -0.39 is 0 Å². The van der Waals surface area contributed by atoms with Crippen LogP contribution in [0.1, 0.15) is 44.6 Å². The molecule has 0 saturated carbocycles. The Balaban J connectivity index is 1.31. The third kappa shape index (κ3) is 7.27. The first-order valence-corrected chi connectivity index (χ1v) is 11.3. The Morgan fingerprint density at radius 1 is 1.03 bits per heavy atom. The van der Waals surface area contributed by atoms with E-state index >= 15 is 0 Å². The third-order valence-electron chi connectivity index (χ3n) is 6.47. The van der Waals surface area contributed by atoms with E-state index in [1.54, 1.807) is 12.1 Å². The molecule has 29 heavy (non-hydrogen) atoms. The molecule has 2 N–H and O–H groups in total. The molecule has 6 heteroatoms. The molecule has 0 spiro atoms. The lowest BCUT2D eigenvalue weighted by Crippen LogP contribution is -2.48. The molecule has 0 radical (unpaired) electrons. The number of halogens is 1. The molecule has 1 aromatic rings. The maximum absolute atomic E-state index is 13.1. The van der Waals surface area contributed by atoms with Crippen LogP contribution in [-0.4, -0.2) is 68.1 Å². The molecule has 0 atom stereocenters. The number of nitrogens with one attached hydrogen (secondary N) is 2. The van der Waals surface area contributed by atoms with Gasteiger partial charge >= 0.3 is 0 Å². The molecule has 0 bridgehead atoms. The minimum absolute atomic E-state index is 0.165. The number of benzene rings is 1. The lowest BCUT2D eigenvalue weighted by Gasteiger charge is -2.33. The maximum atomic E-state index is 13.1. The summed E-state index contributed by atoms with van der Waals surface area (Å²) < 4.78 is 13.1. The molecule has 3 rings (SSSR count). The van der Waals surface area contributed by atoms with Crippen molar-refractivity contribution in [2.75, 3.05) is 46.3 Å². The fourth-order valence-corrected chi connectivity index (χ4v) is 4.46.